The molecule has 1 N–H and O–H groups in total. The number of thioether (sulfide) groups is 1. The second-order valence-corrected chi connectivity index (χ2v) is 7.49. The summed E-state index contributed by atoms with van der Waals surface area (Å²) in [6.07, 6.45) is 1.71. The van der Waals surface area contributed by atoms with E-state index in [4.69, 9.17) is 0 Å². The summed E-state index contributed by atoms with van der Waals surface area (Å²) >= 11 is 1.35. The summed E-state index contributed by atoms with van der Waals surface area (Å²) in [6.45, 7) is 3.26. The quantitative estimate of drug-likeness (QED) is 0.797. The summed E-state index contributed by atoms with van der Waals surface area (Å²) in [7, 11) is 0. The van der Waals surface area contributed by atoms with Crippen LogP contribution in [0.15, 0.2) is 58.4 Å². The van der Waals surface area contributed by atoms with Crippen LogP contribution in [0.4, 0.5) is 10.1 Å². The number of piperazine rings is 1. The molecule has 27 heavy (non-hydrogen) atoms. The number of rotatable bonds is 2. The second kappa shape index (κ2) is 7.54. The smallest absolute Gasteiger partial charge is 0.286 e. The first-order chi connectivity index (χ1) is 13.1. The number of halogens is 1. The van der Waals surface area contributed by atoms with Gasteiger partial charge in [0.2, 0.25) is 0 Å². The summed E-state index contributed by atoms with van der Waals surface area (Å²) in [5.74, 6) is -0.575. The SMILES string of the molecule is O=C1N=C(N2CC[NH+](c3ccc(F)cc3)CC2)S/C1=C\c1cccc([O-])c1. The Hall–Kier alpha value is -2.64. The van der Waals surface area contributed by atoms with Crippen LogP contribution in [-0.2, 0) is 4.79 Å². The van der Waals surface area contributed by atoms with Gasteiger partial charge in [0.15, 0.2) is 5.17 Å². The minimum absolute atomic E-state index is 0.0826. The zero-order valence-electron chi connectivity index (χ0n) is 14.5. The van der Waals surface area contributed by atoms with Crippen molar-refractivity contribution >= 4 is 34.6 Å². The topological polar surface area (TPSA) is 60.2 Å². The van der Waals surface area contributed by atoms with E-state index >= 15 is 0 Å². The van der Waals surface area contributed by atoms with E-state index in [1.807, 2.05) is 12.1 Å². The van der Waals surface area contributed by atoms with Crippen LogP contribution >= 0.6 is 11.8 Å². The van der Waals surface area contributed by atoms with Crippen molar-refractivity contribution in [3.8, 4) is 5.75 Å². The summed E-state index contributed by atoms with van der Waals surface area (Å²) in [6, 6.07) is 13.1. The van der Waals surface area contributed by atoms with Crippen LogP contribution in [0.25, 0.3) is 6.08 Å². The minimum Gasteiger partial charge on any atom is -0.872 e. The van der Waals surface area contributed by atoms with Gasteiger partial charge in [0.25, 0.3) is 5.91 Å². The Morgan fingerprint density at radius 3 is 2.59 bits per heavy atom. The lowest BCUT2D eigenvalue weighted by molar-refractivity contribution is -0.837. The number of amides is 1. The van der Waals surface area contributed by atoms with Gasteiger partial charge in [-0.15, -0.1) is 5.75 Å². The van der Waals surface area contributed by atoms with Gasteiger partial charge in [-0.3, -0.25) is 9.69 Å². The fraction of sp³-hybridized carbons (Fsp3) is 0.200. The third kappa shape index (κ3) is 4.04. The molecule has 2 heterocycles. The highest BCUT2D eigenvalue weighted by molar-refractivity contribution is 8.18. The van der Waals surface area contributed by atoms with Crippen LogP contribution in [0.5, 0.6) is 5.75 Å². The summed E-state index contributed by atoms with van der Waals surface area (Å²) in [5, 5.41) is 12.2. The van der Waals surface area contributed by atoms with Crippen molar-refractivity contribution in [2.45, 2.75) is 0 Å². The molecule has 2 aliphatic rings. The van der Waals surface area contributed by atoms with Crippen molar-refractivity contribution in [3.63, 3.8) is 0 Å². The molecular weight excluding hydrogens is 365 g/mol. The van der Waals surface area contributed by atoms with Crippen LogP contribution in [0, 0.1) is 5.82 Å². The molecule has 0 saturated carbocycles. The van der Waals surface area contributed by atoms with Gasteiger partial charge in [-0.2, -0.15) is 4.99 Å². The molecule has 0 radical (unpaired) electrons. The number of nitrogens with one attached hydrogen (secondary N) is 1. The third-order valence-electron chi connectivity index (χ3n) is 4.66. The highest BCUT2D eigenvalue weighted by Gasteiger charge is 2.30. The molecule has 2 aromatic carbocycles. The molecule has 0 aromatic heterocycles. The number of hydrogen-bond donors (Lipinski definition) is 1. The molecule has 0 spiro atoms. The molecule has 2 aliphatic heterocycles. The zero-order valence-corrected chi connectivity index (χ0v) is 15.3. The van der Waals surface area contributed by atoms with Crippen LogP contribution < -0.4 is 10.0 Å². The average molecular weight is 383 g/mol. The molecule has 4 rings (SSSR count). The van der Waals surface area contributed by atoms with Crippen LogP contribution in [0.1, 0.15) is 5.56 Å². The van der Waals surface area contributed by atoms with Gasteiger partial charge in [0.1, 0.15) is 11.5 Å². The second-order valence-electron chi connectivity index (χ2n) is 6.48. The Morgan fingerprint density at radius 2 is 1.89 bits per heavy atom. The Kier molecular flexibility index (Phi) is 4.96. The lowest BCUT2D eigenvalue weighted by Gasteiger charge is -2.32. The summed E-state index contributed by atoms with van der Waals surface area (Å²) in [4.78, 5) is 20.3. The maximum absolute atomic E-state index is 13.1. The number of benzene rings is 2. The molecule has 7 heteroatoms. The Morgan fingerprint density at radius 1 is 1.15 bits per heavy atom. The highest BCUT2D eigenvalue weighted by Crippen LogP contribution is 2.30. The van der Waals surface area contributed by atoms with E-state index in [1.165, 1.54) is 40.9 Å². The highest BCUT2D eigenvalue weighted by atomic mass is 32.2. The van der Waals surface area contributed by atoms with Gasteiger partial charge in [-0.05, 0) is 35.5 Å². The maximum Gasteiger partial charge on any atom is 0.286 e. The molecule has 0 bridgehead atoms. The summed E-state index contributed by atoms with van der Waals surface area (Å²) in [5.41, 5.74) is 1.78. The normalized spacial score (nSPS) is 19.6. The van der Waals surface area contributed by atoms with E-state index in [2.05, 4.69) is 9.89 Å². The van der Waals surface area contributed by atoms with E-state index in [0.717, 1.165) is 31.9 Å². The van der Waals surface area contributed by atoms with Crippen molar-refractivity contribution in [2.75, 3.05) is 26.2 Å². The molecule has 5 nitrogen and oxygen atoms in total. The number of carbonyl (C=O) groups excluding carboxylic acids is 1. The van der Waals surface area contributed by atoms with Gasteiger partial charge in [0, 0.05) is 12.1 Å². The fourth-order valence-corrected chi connectivity index (χ4v) is 4.20. The molecule has 0 atom stereocenters. The number of amidine groups is 1. The van der Waals surface area contributed by atoms with E-state index in [0.29, 0.717) is 15.6 Å². The van der Waals surface area contributed by atoms with Gasteiger partial charge < -0.3 is 10.0 Å². The average Bonchev–Trinajstić information content (AvgIpc) is 3.03. The third-order valence-corrected chi connectivity index (χ3v) is 5.70. The van der Waals surface area contributed by atoms with Crippen molar-refractivity contribution in [1.82, 2.24) is 4.90 Å². The van der Waals surface area contributed by atoms with Gasteiger partial charge in [0.05, 0.1) is 31.1 Å². The van der Waals surface area contributed by atoms with Crippen molar-refractivity contribution in [1.29, 1.82) is 0 Å². The van der Waals surface area contributed by atoms with E-state index < -0.39 is 0 Å². The number of hydrogen-bond acceptors (Lipinski definition) is 4. The first kappa shape index (κ1) is 17.8. The predicted octanol–water partition coefficient (Wildman–Crippen LogP) is 1.40. The molecule has 1 fully saturated rings. The molecule has 1 saturated heterocycles. The van der Waals surface area contributed by atoms with Crippen molar-refractivity contribution in [2.24, 2.45) is 4.99 Å². The molecule has 1 amide bonds. The lowest BCUT2D eigenvalue weighted by atomic mass is 10.2. The van der Waals surface area contributed by atoms with Crippen LogP contribution in [0.2, 0.25) is 0 Å². The Labute approximate surface area is 160 Å². The maximum atomic E-state index is 13.1. The number of quaternary nitrogens is 1. The standard InChI is InChI=1S/C20H18FN3O2S/c21-15-4-6-16(7-5-15)23-8-10-24(11-9-23)20-22-19(26)18(27-20)13-14-2-1-3-17(25)12-14/h1-7,12-13,25H,8-11H2/b18-13-. The fourth-order valence-electron chi connectivity index (χ4n) is 3.23. The Balaban J connectivity index is 1.40. The van der Waals surface area contributed by atoms with Gasteiger partial charge >= 0.3 is 0 Å². The predicted molar refractivity (Wildman–Crippen MR) is 102 cm³/mol. The molecule has 2 aromatic rings. The number of aliphatic imine (C=N–C) groups is 1. The molecule has 0 aliphatic carbocycles. The first-order valence-corrected chi connectivity index (χ1v) is 9.55. The number of nitrogens with zero attached hydrogens (tertiary/aromatic N) is 2. The van der Waals surface area contributed by atoms with E-state index in [-0.39, 0.29) is 17.5 Å². The van der Waals surface area contributed by atoms with Crippen molar-refractivity contribution < 1.29 is 19.2 Å². The monoisotopic (exact) mass is 383 g/mol. The van der Waals surface area contributed by atoms with E-state index in [1.54, 1.807) is 18.2 Å². The van der Waals surface area contributed by atoms with Gasteiger partial charge in [-0.1, -0.05) is 24.3 Å². The molecule has 0 unspecified atom stereocenters. The lowest BCUT2D eigenvalue weighted by Crippen LogP contribution is -3.10. The molecule has 138 valence electrons. The van der Waals surface area contributed by atoms with Gasteiger partial charge in [-0.25, -0.2) is 4.39 Å². The molecular formula is C20H18FN3O2S. The summed E-state index contributed by atoms with van der Waals surface area (Å²) < 4.78 is 13.1. The first-order valence-electron chi connectivity index (χ1n) is 8.74. The van der Waals surface area contributed by atoms with Crippen LogP contribution in [-0.4, -0.2) is 42.2 Å². The van der Waals surface area contributed by atoms with Crippen molar-refractivity contribution in [3.05, 3.63) is 64.8 Å². The zero-order chi connectivity index (χ0) is 18.8. The van der Waals surface area contributed by atoms with Crippen LogP contribution in [0.3, 0.4) is 0 Å². The minimum atomic E-state index is -0.264. The largest absolute Gasteiger partial charge is 0.872 e. The Bertz CT molecular complexity index is 919. The van der Waals surface area contributed by atoms with E-state index in [9.17, 15) is 14.3 Å². The number of carbonyl (C=O) groups is 1.